The second-order valence-corrected chi connectivity index (χ2v) is 10.7. The smallest absolute Gasteiger partial charge is 0.242 e. The van der Waals surface area contributed by atoms with Crippen molar-refractivity contribution < 1.29 is 18.7 Å². The number of nitrogens with zero attached hydrogens (tertiary/aromatic N) is 7. The SMILES string of the molecule is COc1nc(-c2nc(Nc3ccc(N4CCC5(CC4)CC(=O)NC5=O)cn3)ncc2F)cc2c1nc(C)n2C(C)C. The van der Waals surface area contributed by atoms with E-state index in [1.807, 2.05) is 31.4 Å². The quantitative estimate of drug-likeness (QED) is 0.336. The van der Waals surface area contributed by atoms with Crippen LogP contribution in [0.4, 0.5) is 21.8 Å². The van der Waals surface area contributed by atoms with E-state index >= 15 is 0 Å². The molecule has 2 aliphatic rings. The Bertz CT molecular complexity index is 1660. The summed E-state index contributed by atoms with van der Waals surface area (Å²) < 4.78 is 22.5. The maximum absolute atomic E-state index is 15.0. The third-order valence-electron chi connectivity index (χ3n) is 7.83. The predicted molar refractivity (Wildman–Crippen MR) is 149 cm³/mol. The summed E-state index contributed by atoms with van der Waals surface area (Å²) in [6.07, 6.45) is 4.30. The van der Waals surface area contributed by atoms with E-state index in [0.29, 0.717) is 43.0 Å². The fourth-order valence-corrected chi connectivity index (χ4v) is 5.75. The number of carbonyl (C=O) groups is 2. The summed E-state index contributed by atoms with van der Waals surface area (Å²) in [5, 5.41) is 5.47. The van der Waals surface area contributed by atoms with Crippen molar-refractivity contribution in [1.82, 2.24) is 34.8 Å². The minimum atomic E-state index is -0.624. The number of piperidine rings is 1. The van der Waals surface area contributed by atoms with Gasteiger partial charge in [-0.15, -0.1) is 0 Å². The van der Waals surface area contributed by atoms with Crippen molar-refractivity contribution in [1.29, 1.82) is 0 Å². The molecule has 0 aromatic carbocycles. The number of aromatic nitrogens is 6. The second-order valence-electron chi connectivity index (χ2n) is 10.7. The molecule has 212 valence electrons. The molecule has 0 unspecified atom stereocenters. The molecule has 0 atom stereocenters. The number of hydrogen-bond acceptors (Lipinski definition) is 10. The predicted octanol–water partition coefficient (Wildman–Crippen LogP) is 3.70. The van der Waals surface area contributed by atoms with Crippen LogP contribution in [0.2, 0.25) is 0 Å². The number of carbonyl (C=O) groups excluding carboxylic acids is 2. The van der Waals surface area contributed by atoms with Gasteiger partial charge in [0.15, 0.2) is 11.3 Å². The first-order valence-electron chi connectivity index (χ1n) is 13.5. The van der Waals surface area contributed by atoms with E-state index in [4.69, 9.17) is 4.74 Å². The minimum Gasteiger partial charge on any atom is -0.479 e. The van der Waals surface area contributed by atoms with E-state index < -0.39 is 11.2 Å². The molecule has 0 bridgehead atoms. The number of imide groups is 1. The molecule has 2 aliphatic heterocycles. The molecule has 0 radical (unpaired) electrons. The van der Waals surface area contributed by atoms with Crippen molar-refractivity contribution in [2.45, 2.75) is 46.1 Å². The summed E-state index contributed by atoms with van der Waals surface area (Å²) in [6.45, 7) is 7.29. The molecular formula is C28H30FN9O3. The molecular weight excluding hydrogens is 529 g/mol. The highest BCUT2D eigenvalue weighted by molar-refractivity contribution is 6.06. The molecule has 1 spiro atoms. The second kappa shape index (κ2) is 10.1. The van der Waals surface area contributed by atoms with Crippen LogP contribution in [0.1, 0.15) is 45.0 Å². The number of rotatable bonds is 6. The molecule has 6 heterocycles. The first kappa shape index (κ1) is 26.5. The number of halogens is 1. The molecule has 12 nitrogen and oxygen atoms in total. The highest BCUT2D eigenvalue weighted by Gasteiger charge is 2.48. The van der Waals surface area contributed by atoms with Crippen LogP contribution in [0.5, 0.6) is 5.88 Å². The average molecular weight is 560 g/mol. The van der Waals surface area contributed by atoms with Gasteiger partial charge < -0.3 is 19.5 Å². The summed E-state index contributed by atoms with van der Waals surface area (Å²) in [4.78, 5) is 48.2. The summed E-state index contributed by atoms with van der Waals surface area (Å²) in [7, 11) is 1.50. The highest BCUT2D eigenvalue weighted by atomic mass is 19.1. The maximum Gasteiger partial charge on any atom is 0.242 e. The molecule has 2 fully saturated rings. The Kier molecular flexibility index (Phi) is 6.51. The Morgan fingerprint density at radius 3 is 2.51 bits per heavy atom. The van der Waals surface area contributed by atoms with Gasteiger partial charge in [-0.25, -0.2) is 29.3 Å². The third kappa shape index (κ3) is 4.70. The summed E-state index contributed by atoms with van der Waals surface area (Å²) in [6, 6.07) is 5.58. The molecule has 2 N–H and O–H groups in total. The molecule has 13 heteroatoms. The van der Waals surface area contributed by atoms with E-state index in [0.717, 1.165) is 23.2 Å². The number of amides is 2. The number of pyridine rings is 2. The molecule has 0 aliphatic carbocycles. The molecule has 6 rings (SSSR count). The van der Waals surface area contributed by atoms with Crippen LogP contribution < -0.4 is 20.3 Å². The van der Waals surface area contributed by atoms with E-state index in [1.165, 1.54) is 7.11 Å². The van der Waals surface area contributed by atoms with E-state index in [1.54, 1.807) is 18.3 Å². The van der Waals surface area contributed by atoms with Crippen molar-refractivity contribution in [2.24, 2.45) is 5.41 Å². The number of nitrogens with one attached hydrogen (secondary N) is 2. The van der Waals surface area contributed by atoms with Gasteiger partial charge in [-0.2, -0.15) is 0 Å². The Hall–Kier alpha value is -4.68. The fraction of sp³-hybridized carbons (Fsp3) is 0.393. The molecule has 2 saturated heterocycles. The topological polar surface area (TPSA) is 140 Å². The minimum absolute atomic E-state index is 0.0187. The molecule has 4 aromatic heterocycles. The first-order chi connectivity index (χ1) is 19.7. The summed E-state index contributed by atoms with van der Waals surface area (Å²) >= 11 is 0. The fourth-order valence-electron chi connectivity index (χ4n) is 5.75. The van der Waals surface area contributed by atoms with Gasteiger partial charge in [-0.3, -0.25) is 14.9 Å². The van der Waals surface area contributed by atoms with Crippen molar-refractivity contribution >= 4 is 40.3 Å². The van der Waals surface area contributed by atoms with Gasteiger partial charge in [0.1, 0.15) is 17.3 Å². The Morgan fingerprint density at radius 2 is 1.88 bits per heavy atom. The van der Waals surface area contributed by atoms with Gasteiger partial charge in [0.2, 0.25) is 23.6 Å². The van der Waals surface area contributed by atoms with Gasteiger partial charge >= 0.3 is 0 Å². The number of methoxy groups -OCH3 is 1. The summed E-state index contributed by atoms with van der Waals surface area (Å²) in [5.74, 6) is 0.750. The Labute approximate surface area is 235 Å². The molecule has 2 amide bonds. The van der Waals surface area contributed by atoms with Crippen molar-refractivity contribution in [3.63, 3.8) is 0 Å². The lowest BCUT2D eigenvalue weighted by Crippen LogP contribution is -2.44. The van der Waals surface area contributed by atoms with E-state index in [9.17, 15) is 14.0 Å². The lowest BCUT2D eigenvalue weighted by molar-refractivity contribution is -0.129. The van der Waals surface area contributed by atoms with Crippen LogP contribution in [0.3, 0.4) is 0 Å². The van der Waals surface area contributed by atoms with Crippen molar-refractivity contribution in [2.75, 3.05) is 30.4 Å². The number of fused-ring (bicyclic) bond motifs is 1. The monoisotopic (exact) mass is 559 g/mol. The van der Waals surface area contributed by atoms with Gasteiger partial charge in [0.25, 0.3) is 0 Å². The summed E-state index contributed by atoms with van der Waals surface area (Å²) in [5.41, 5.74) is 2.00. The standard InChI is InChI=1S/C28H30FN9O3/c1-15(2)38-16(3)32-24-20(38)11-19(33-25(24)41-4)23-18(29)14-31-27(36-23)34-21-6-5-17(13-30-21)37-9-7-28(8-10-37)12-22(39)35-26(28)40/h5-6,11,13-15H,7-10,12H2,1-4H3,(H,35,39,40)(H,30,31,34,36). The van der Waals surface area contributed by atoms with Crippen LogP contribution in [0.25, 0.3) is 22.4 Å². The first-order valence-corrected chi connectivity index (χ1v) is 13.5. The maximum atomic E-state index is 15.0. The average Bonchev–Trinajstić information content (AvgIpc) is 3.43. The van der Waals surface area contributed by atoms with Crippen molar-refractivity contribution in [3.8, 4) is 17.3 Å². The zero-order valence-electron chi connectivity index (χ0n) is 23.2. The van der Waals surface area contributed by atoms with Crippen LogP contribution in [-0.4, -0.2) is 61.5 Å². The number of imidazole rings is 1. The third-order valence-corrected chi connectivity index (χ3v) is 7.83. The number of ether oxygens (including phenoxy) is 1. The van der Waals surface area contributed by atoms with Gasteiger partial charge in [-0.05, 0) is 51.8 Å². The molecule has 41 heavy (non-hydrogen) atoms. The number of anilines is 3. The van der Waals surface area contributed by atoms with Gasteiger partial charge in [0, 0.05) is 25.6 Å². The Morgan fingerprint density at radius 1 is 1.10 bits per heavy atom. The van der Waals surface area contributed by atoms with Crippen LogP contribution in [-0.2, 0) is 9.59 Å². The lowest BCUT2D eigenvalue weighted by atomic mass is 9.77. The highest BCUT2D eigenvalue weighted by Crippen LogP contribution is 2.39. The number of aryl methyl sites for hydroxylation is 1. The Balaban J connectivity index is 1.22. The van der Waals surface area contributed by atoms with Crippen LogP contribution >= 0.6 is 0 Å². The lowest BCUT2D eigenvalue weighted by Gasteiger charge is -2.37. The van der Waals surface area contributed by atoms with Gasteiger partial charge in [-0.1, -0.05) is 0 Å². The number of hydrogen-bond donors (Lipinski definition) is 2. The molecule has 4 aromatic rings. The zero-order valence-corrected chi connectivity index (χ0v) is 23.2. The van der Waals surface area contributed by atoms with E-state index in [2.05, 4.69) is 40.5 Å². The van der Waals surface area contributed by atoms with Crippen LogP contribution in [0, 0.1) is 18.2 Å². The van der Waals surface area contributed by atoms with Crippen LogP contribution in [0.15, 0.2) is 30.6 Å². The zero-order chi connectivity index (χ0) is 28.9. The normalized spacial score (nSPS) is 16.6. The van der Waals surface area contributed by atoms with Gasteiger partial charge in [0.05, 0.1) is 41.8 Å². The van der Waals surface area contributed by atoms with Crippen molar-refractivity contribution in [3.05, 3.63) is 42.2 Å². The largest absolute Gasteiger partial charge is 0.479 e. The molecule has 0 saturated carbocycles. The van der Waals surface area contributed by atoms with E-state index in [-0.39, 0.29) is 41.8 Å².